The maximum Gasteiger partial charge on any atom is 0.0555 e. The molecule has 2 unspecified atom stereocenters. The molecule has 0 aromatic rings. The van der Waals surface area contributed by atoms with Crippen LogP contribution in [0.2, 0.25) is 0 Å². The van der Waals surface area contributed by atoms with Crippen molar-refractivity contribution in [2.75, 3.05) is 0 Å². The molecular weight excluding hydrogens is 90.1 g/mol. The van der Waals surface area contributed by atoms with Crippen molar-refractivity contribution in [1.29, 1.82) is 0 Å². The summed E-state index contributed by atoms with van der Waals surface area (Å²) < 4.78 is 0. The average Bonchev–Trinajstić information content (AvgIpc) is 2.17. The van der Waals surface area contributed by atoms with E-state index in [2.05, 4.69) is 0 Å². The largest absolute Gasteiger partial charge is 0.393 e. The Balaban J connectivity index is 2.20. The van der Waals surface area contributed by atoms with E-state index in [1.165, 1.54) is 0 Å². The molecule has 1 aliphatic rings. The van der Waals surface area contributed by atoms with Crippen LogP contribution in [-0.4, -0.2) is 17.3 Å². The van der Waals surface area contributed by atoms with Gasteiger partial charge in [0.2, 0.25) is 0 Å². The third kappa shape index (κ3) is 0.924. The SMILES string of the molecule is CC(O)C1C[C@@H]1N. The molecule has 2 nitrogen and oxygen atoms in total. The van der Waals surface area contributed by atoms with Crippen molar-refractivity contribution in [3.63, 3.8) is 0 Å². The smallest absolute Gasteiger partial charge is 0.0555 e. The molecule has 3 N–H and O–H groups in total. The summed E-state index contributed by atoms with van der Waals surface area (Å²) in [6, 6.07) is 0.292. The molecule has 1 rings (SSSR count). The number of nitrogens with two attached hydrogens (primary N) is 1. The summed E-state index contributed by atoms with van der Waals surface area (Å²) >= 11 is 0. The van der Waals surface area contributed by atoms with Crippen molar-refractivity contribution in [3.05, 3.63) is 0 Å². The molecule has 0 saturated heterocycles. The molecule has 3 atom stereocenters. The lowest BCUT2D eigenvalue weighted by Crippen LogP contribution is -2.11. The predicted molar refractivity (Wildman–Crippen MR) is 27.8 cm³/mol. The number of hydrogen-bond acceptors (Lipinski definition) is 2. The second kappa shape index (κ2) is 1.46. The summed E-state index contributed by atoms with van der Waals surface area (Å²) in [4.78, 5) is 0. The maximum absolute atomic E-state index is 8.78. The summed E-state index contributed by atoms with van der Waals surface area (Å²) in [5.41, 5.74) is 5.41. The van der Waals surface area contributed by atoms with Gasteiger partial charge in [-0.15, -0.1) is 0 Å². The molecular formula is C5H11NO. The van der Waals surface area contributed by atoms with E-state index in [0.717, 1.165) is 6.42 Å². The first-order chi connectivity index (χ1) is 3.22. The Morgan fingerprint density at radius 1 is 1.86 bits per heavy atom. The van der Waals surface area contributed by atoms with Crippen LogP contribution in [0, 0.1) is 5.92 Å². The van der Waals surface area contributed by atoms with Crippen LogP contribution in [0.25, 0.3) is 0 Å². The van der Waals surface area contributed by atoms with Crippen LogP contribution in [0.5, 0.6) is 0 Å². The molecule has 0 aromatic heterocycles. The summed E-state index contributed by atoms with van der Waals surface area (Å²) in [5.74, 6) is 0.403. The average molecular weight is 101 g/mol. The van der Waals surface area contributed by atoms with Crippen LogP contribution < -0.4 is 5.73 Å². The Labute approximate surface area is 43.3 Å². The third-order valence-electron chi connectivity index (χ3n) is 1.51. The zero-order chi connectivity index (χ0) is 5.44. The summed E-state index contributed by atoms with van der Waals surface area (Å²) in [7, 11) is 0. The van der Waals surface area contributed by atoms with Crippen LogP contribution in [0.3, 0.4) is 0 Å². The minimum Gasteiger partial charge on any atom is -0.393 e. The van der Waals surface area contributed by atoms with Crippen LogP contribution in [0.4, 0.5) is 0 Å². The minimum atomic E-state index is -0.185. The molecule has 0 bridgehead atoms. The van der Waals surface area contributed by atoms with E-state index in [9.17, 15) is 0 Å². The second-order valence-corrected chi connectivity index (χ2v) is 2.30. The topological polar surface area (TPSA) is 46.2 Å². The van der Waals surface area contributed by atoms with Crippen LogP contribution in [0.1, 0.15) is 13.3 Å². The van der Waals surface area contributed by atoms with Crippen molar-refractivity contribution < 1.29 is 5.11 Å². The van der Waals surface area contributed by atoms with E-state index < -0.39 is 0 Å². The van der Waals surface area contributed by atoms with Crippen molar-refractivity contribution in [1.82, 2.24) is 0 Å². The molecule has 0 aromatic carbocycles. The highest BCUT2D eigenvalue weighted by Gasteiger charge is 2.36. The molecule has 7 heavy (non-hydrogen) atoms. The molecule has 0 radical (unpaired) electrons. The normalized spacial score (nSPS) is 43.3. The fraction of sp³-hybridized carbons (Fsp3) is 1.00. The van der Waals surface area contributed by atoms with Gasteiger partial charge in [0.05, 0.1) is 6.10 Å². The van der Waals surface area contributed by atoms with E-state index in [0.29, 0.717) is 12.0 Å². The van der Waals surface area contributed by atoms with Crippen molar-refractivity contribution in [3.8, 4) is 0 Å². The van der Waals surface area contributed by atoms with Gasteiger partial charge < -0.3 is 10.8 Å². The van der Waals surface area contributed by atoms with E-state index in [-0.39, 0.29) is 6.10 Å². The van der Waals surface area contributed by atoms with Gasteiger partial charge >= 0.3 is 0 Å². The van der Waals surface area contributed by atoms with E-state index in [1.807, 2.05) is 0 Å². The highest BCUT2D eigenvalue weighted by molar-refractivity contribution is 4.92. The van der Waals surface area contributed by atoms with E-state index >= 15 is 0 Å². The molecule has 2 heteroatoms. The van der Waals surface area contributed by atoms with Crippen molar-refractivity contribution >= 4 is 0 Å². The van der Waals surface area contributed by atoms with Gasteiger partial charge in [0.1, 0.15) is 0 Å². The lowest BCUT2D eigenvalue weighted by molar-refractivity contribution is 0.169. The van der Waals surface area contributed by atoms with Crippen LogP contribution in [-0.2, 0) is 0 Å². The molecule has 0 heterocycles. The van der Waals surface area contributed by atoms with Gasteiger partial charge in [-0.3, -0.25) is 0 Å². The standard InChI is InChI=1S/C5H11NO/c1-3(7)4-2-5(4)6/h3-5,7H,2,6H2,1H3/t3?,4?,5-/m0/s1. The van der Waals surface area contributed by atoms with Gasteiger partial charge in [-0.05, 0) is 13.3 Å². The Kier molecular flexibility index (Phi) is 1.05. The summed E-state index contributed by atoms with van der Waals surface area (Å²) in [6.07, 6.45) is 0.826. The van der Waals surface area contributed by atoms with Crippen molar-refractivity contribution in [2.24, 2.45) is 11.7 Å². The second-order valence-electron chi connectivity index (χ2n) is 2.30. The summed E-state index contributed by atoms with van der Waals surface area (Å²) in [6.45, 7) is 1.79. The molecule has 1 saturated carbocycles. The first kappa shape index (κ1) is 5.06. The Hall–Kier alpha value is -0.0800. The van der Waals surface area contributed by atoms with Crippen molar-refractivity contribution in [2.45, 2.75) is 25.5 Å². The highest BCUT2D eigenvalue weighted by Crippen LogP contribution is 2.30. The molecule has 42 valence electrons. The fourth-order valence-corrected chi connectivity index (χ4v) is 0.790. The number of rotatable bonds is 1. The Morgan fingerprint density at radius 3 is 2.29 bits per heavy atom. The van der Waals surface area contributed by atoms with E-state index in [4.69, 9.17) is 10.8 Å². The minimum absolute atomic E-state index is 0.185. The maximum atomic E-state index is 8.78. The number of hydrogen-bond donors (Lipinski definition) is 2. The van der Waals surface area contributed by atoms with E-state index in [1.54, 1.807) is 6.92 Å². The third-order valence-corrected chi connectivity index (χ3v) is 1.51. The lowest BCUT2D eigenvalue weighted by atomic mass is 10.3. The zero-order valence-electron chi connectivity index (χ0n) is 4.46. The van der Waals surface area contributed by atoms with Crippen LogP contribution in [0.15, 0.2) is 0 Å². The monoisotopic (exact) mass is 101 g/mol. The highest BCUT2D eigenvalue weighted by atomic mass is 16.3. The van der Waals surface area contributed by atoms with Gasteiger partial charge in [-0.25, -0.2) is 0 Å². The first-order valence-corrected chi connectivity index (χ1v) is 2.65. The zero-order valence-corrected chi connectivity index (χ0v) is 4.46. The molecule has 1 fully saturated rings. The quantitative estimate of drug-likeness (QED) is 0.477. The first-order valence-electron chi connectivity index (χ1n) is 2.65. The lowest BCUT2D eigenvalue weighted by Gasteiger charge is -1.96. The predicted octanol–water partition coefficient (Wildman–Crippen LogP) is -0.286. The molecule has 0 amide bonds. The molecule has 1 aliphatic carbocycles. The fourth-order valence-electron chi connectivity index (χ4n) is 0.790. The molecule has 0 spiro atoms. The van der Waals surface area contributed by atoms with Gasteiger partial charge in [-0.2, -0.15) is 0 Å². The van der Waals surface area contributed by atoms with Gasteiger partial charge in [0.15, 0.2) is 0 Å². The Bertz CT molecular complexity index is 72.5. The van der Waals surface area contributed by atoms with Crippen LogP contribution >= 0.6 is 0 Å². The Morgan fingerprint density at radius 2 is 2.29 bits per heavy atom. The van der Waals surface area contributed by atoms with Gasteiger partial charge in [-0.1, -0.05) is 0 Å². The number of aliphatic hydroxyl groups is 1. The van der Waals surface area contributed by atoms with Gasteiger partial charge in [0, 0.05) is 12.0 Å². The number of aliphatic hydroxyl groups excluding tert-OH is 1. The van der Waals surface area contributed by atoms with Gasteiger partial charge in [0.25, 0.3) is 0 Å². The summed E-state index contributed by atoms with van der Waals surface area (Å²) in [5, 5.41) is 8.78. The molecule has 0 aliphatic heterocycles.